The predicted molar refractivity (Wildman–Crippen MR) is 65.6 cm³/mol. The van der Waals surface area contributed by atoms with Crippen molar-refractivity contribution in [2.24, 2.45) is 13.0 Å². The van der Waals surface area contributed by atoms with Crippen molar-refractivity contribution < 1.29 is 9.53 Å². The summed E-state index contributed by atoms with van der Waals surface area (Å²) in [5, 5.41) is 7.99. The van der Waals surface area contributed by atoms with Crippen LogP contribution >= 0.6 is 0 Å². The van der Waals surface area contributed by atoms with E-state index >= 15 is 0 Å². The lowest BCUT2D eigenvalue weighted by atomic mass is 9.98. The molecule has 1 aliphatic rings. The van der Waals surface area contributed by atoms with E-state index in [0.29, 0.717) is 6.61 Å². The van der Waals surface area contributed by atoms with E-state index in [2.05, 4.69) is 15.2 Å². The quantitative estimate of drug-likeness (QED) is 0.734. The molecule has 6 nitrogen and oxygen atoms in total. The van der Waals surface area contributed by atoms with Crippen LogP contribution in [0.4, 0.5) is 0 Å². The molecule has 1 aliphatic heterocycles. The van der Waals surface area contributed by atoms with Crippen LogP contribution in [0.1, 0.15) is 25.5 Å². The van der Waals surface area contributed by atoms with Gasteiger partial charge in [0.15, 0.2) is 0 Å². The number of carbonyl (C=O) groups is 1. The van der Waals surface area contributed by atoms with Crippen molar-refractivity contribution in [1.82, 2.24) is 19.9 Å². The third-order valence-corrected chi connectivity index (χ3v) is 3.16. The maximum atomic E-state index is 11.7. The molecule has 18 heavy (non-hydrogen) atoms. The van der Waals surface area contributed by atoms with E-state index in [0.717, 1.165) is 38.2 Å². The molecule has 0 bridgehead atoms. The van der Waals surface area contributed by atoms with Crippen LogP contribution in [0.25, 0.3) is 0 Å². The van der Waals surface area contributed by atoms with Crippen molar-refractivity contribution in [3.05, 3.63) is 11.9 Å². The first kappa shape index (κ1) is 13.0. The first-order valence-corrected chi connectivity index (χ1v) is 6.43. The first-order valence-electron chi connectivity index (χ1n) is 6.43. The van der Waals surface area contributed by atoms with Crippen LogP contribution in [0.15, 0.2) is 6.20 Å². The average Bonchev–Trinajstić information content (AvgIpc) is 2.75. The van der Waals surface area contributed by atoms with Crippen LogP contribution in [0, 0.1) is 5.92 Å². The number of ether oxygens (including phenoxy) is 1. The minimum absolute atomic E-state index is 0.00960. The van der Waals surface area contributed by atoms with Gasteiger partial charge in [-0.25, -0.2) is 0 Å². The average molecular weight is 252 g/mol. The van der Waals surface area contributed by atoms with Crippen molar-refractivity contribution in [1.29, 1.82) is 0 Å². The van der Waals surface area contributed by atoms with Gasteiger partial charge in [-0.05, 0) is 26.3 Å². The van der Waals surface area contributed by atoms with Gasteiger partial charge >= 0.3 is 5.97 Å². The first-order chi connectivity index (χ1) is 8.69. The highest BCUT2D eigenvalue weighted by Crippen LogP contribution is 2.19. The fourth-order valence-electron chi connectivity index (χ4n) is 2.35. The molecule has 1 atom stereocenters. The highest BCUT2D eigenvalue weighted by atomic mass is 16.5. The smallest absolute Gasteiger partial charge is 0.310 e. The Morgan fingerprint density at radius 3 is 3.11 bits per heavy atom. The van der Waals surface area contributed by atoms with Gasteiger partial charge in [0.05, 0.1) is 18.2 Å². The summed E-state index contributed by atoms with van der Waals surface area (Å²) >= 11 is 0. The number of aryl methyl sites for hydroxylation is 1. The highest BCUT2D eigenvalue weighted by molar-refractivity contribution is 5.72. The lowest BCUT2D eigenvalue weighted by Crippen LogP contribution is -2.39. The molecule has 0 radical (unpaired) electrons. The van der Waals surface area contributed by atoms with Crippen LogP contribution in [0.5, 0.6) is 0 Å². The number of aromatic nitrogens is 3. The summed E-state index contributed by atoms with van der Waals surface area (Å²) in [6, 6.07) is 0. The van der Waals surface area contributed by atoms with Gasteiger partial charge in [0.2, 0.25) is 0 Å². The molecule has 1 saturated heterocycles. The van der Waals surface area contributed by atoms with Gasteiger partial charge in [-0.1, -0.05) is 5.21 Å². The highest BCUT2D eigenvalue weighted by Gasteiger charge is 2.27. The van der Waals surface area contributed by atoms with E-state index in [1.807, 2.05) is 20.2 Å². The van der Waals surface area contributed by atoms with Crippen molar-refractivity contribution >= 4 is 5.97 Å². The second-order valence-electron chi connectivity index (χ2n) is 4.71. The van der Waals surface area contributed by atoms with Gasteiger partial charge in [0.25, 0.3) is 0 Å². The normalized spacial score (nSPS) is 20.9. The summed E-state index contributed by atoms with van der Waals surface area (Å²) in [6.45, 7) is 4.82. The standard InChI is InChI=1S/C12H20N4O2/c1-3-18-12(17)10-5-4-6-16(7-10)9-11-8-15(2)14-13-11/h8,10H,3-7,9H2,1-2H3/t10-/m1/s1. The molecule has 6 heteroatoms. The number of nitrogens with zero attached hydrogens (tertiary/aromatic N) is 4. The Labute approximate surface area is 107 Å². The minimum Gasteiger partial charge on any atom is -0.466 e. The Morgan fingerprint density at radius 2 is 2.44 bits per heavy atom. The summed E-state index contributed by atoms with van der Waals surface area (Å²) in [6.07, 6.45) is 3.87. The molecule has 1 aromatic rings. The third kappa shape index (κ3) is 3.29. The van der Waals surface area contributed by atoms with Crippen molar-refractivity contribution in [3.8, 4) is 0 Å². The Morgan fingerprint density at radius 1 is 1.61 bits per heavy atom. The van der Waals surface area contributed by atoms with E-state index in [9.17, 15) is 4.79 Å². The van der Waals surface area contributed by atoms with Gasteiger partial charge < -0.3 is 4.74 Å². The van der Waals surface area contributed by atoms with E-state index in [1.54, 1.807) is 4.68 Å². The number of hydrogen-bond donors (Lipinski definition) is 0. The van der Waals surface area contributed by atoms with Crippen LogP contribution in [0.3, 0.4) is 0 Å². The van der Waals surface area contributed by atoms with Gasteiger partial charge in [-0.2, -0.15) is 0 Å². The molecule has 1 fully saturated rings. The molecule has 0 N–H and O–H groups in total. The number of likely N-dealkylation sites (tertiary alicyclic amines) is 1. The maximum absolute atomic E-state index is 11.7. The minimum atomic E-state index is -0.0682. The van der Waals surface area contributed by atoms with E-state index < -0.39 is 0 Å². The Bertz CT molecular complexity index is 405. The second kappa shape index (κ2) is 5.95. The Hall–Kier alpha value is -1.43. The zero-order chi connectivity index (χ0) is 13.0. The Balaban J connectivity index is 1.88. The molecule has 1 aromatic heterocycles. The molecule has 2 heterocycles. The molecule has 100 valence electrons. The van der Waals surface area contributed by atoms with E-state index in [1.165, 1.54) is 0 Å². The zero-order valence-electron chi connectivity index (χ0n) is 11.0. The van der Waals surface area contributed by atoms with Gasteiger partial charge in [0, 0.05) is 26.3 Å². The predicted octanol–water partition coefficient (Wildman–Crippen LogP) is 0.590. The fourth-order valence-corrected chi connectivity index (χ4v) is 2.35. The van der Waals surface area contributed by atoms with E-state index in [4.69, 9.17) is 4.74 Å². The van der Waals surface area contributed by atoms with Crippen molar-refractivity contribution in [3.63, 3.8) is 0 Å². The lowest BCUT2D eigenvalue weighted by molar-refractivity contribution is -0.150. The largest absolute Gasteiger partial charge is 0.466 e. The molecule has 0 unspecified atom stereocenters. The van der Waals surface area contributed by atoms with Gasteiger partial charge in [0.1, 0.15) is 0 Å². The number of rotatable bonds is 4. The fraction of sp³-hybridized carbons (Fsp3) is 0.750. The van der Waals surface area contributed by atoms with Crippen molar-refractivity contribution in [2.75, 3.05) is 19.7 Å². The Kier molecular flexibility index (Phi) is 4.30. The molecule has 0 aliphatic carbocycles. The summed E-state index contributed by atoms with van der Waals surface area (Å²) in [5.74, 6) is -0.0586. The van der Waals surface area contributed by atoms with E-state index in [-0.39, 0.29) is 11.9 Å². The maximum Gasteiger partial charge on any atom is 0.310 e. The molecular weight excluding hydrogens is 232 g/mol. The van der Waals surface area contributed by atoms with Crippen LogP contribution in [0.2, 0.25) is 0 Å². The molecule has 0 spiro atoms. The molecular formula is C12H20N4O2. The summed E-state index contributed by atoms with van der Waals surface area (Å²) < 4.78 is 6.78. The summed E-state index contributed by atoms with van der Waals surface area (Å²) in [7, 11) is 1.86. The van der Waals surface area contributed by atoms with Crippen LogP contribution in [-0.2, 0) is 23.1 Å². The summed E-state index contributed by atoms with van der Waals surface area (Å²) in [5.41, 5.74) is 0.946. The summed E-state index contributed by atoms with van der Waals surface area (Å²) in [4.78, 5) is 14.0. The number of piperidine rings is 1. The van der Waals surface area contributed by atoms with Crippen LogP contribution in [-0.4, -0.2) is 45.6 Å². The number of hydrogen-bond acceptors (Lipinski definition) is 5. The second-order valence-corrected chi connectivity index (χ2v) is 4.71. The number of esters is 1. The molecule has 0 aromatic carbocycles. The topological polar surface area (TPSA) is 60.2 Å². The lowest BCUT2D eigenvalue weighted by Gasteiger charge is -2.30. The molecule has 0 amide bonds. The third-order valence-electron chi connectivity index (χ3n) is 3.16. The van der Waals surface area contributed by atoms with Gasteiger partial charge in [-0.3, -0.25) is 14.4 Å². The van der Waals surface area contributed by atoms with Crippen molar-refractivity contribution in [2.45, 2.75) is 26.3 Å². The molecule has 0 saturated carbocycles. The zero-order valence-corrected chi connectivity index (χ0v) is 11.0. The van der Waals surface area contributed by atoms with Gasteiger partial charge in [-0.15, -0.1) is 5.10 Å². The number of carbonyl (C=O) groups excluding carboxylic acids is 1. The molecule has 2 rings (SSSR count). The van der Waals surface area contributed by atoms with Crippen LogP contribution < -0.4 is 0 Å². The monoisotopic (exact) mass is 252 g/mol. The SMILES string of the molecule is CCOC(=O)[C@@H]1CCCN(Cc2cn(C)nn2)C1.